The number of sulfonamides is 1. The van der Waals surface area contributed by atoms with E-state index in [0.717, 1.165) is 21.0 Å². The number of benzene rings is 3. The maximum atomic E-state index is 13.5. The van der Waals surface area contributed by atoms with Gasteiger partial charge in [-0.3, -0.25) is 9.10 Å². The molecule has 0 heterocycles. The Morgan fingerprint density at radius 1 is 0.971 bits per heavy atom. The fraction of sp³-hybridized carbons (Fsp3) is 0.296. The van der Waals surface area contributed by atoms with Gasteiger partial charge in [0.1, 0.15) is 6.54 Å². The van der Waals surface area contributed by atoms with Crippen molar-refractivity contribution in [2.24, 2.45) is 0 Å². The molecular formula is C27H32N2O5S. The molecule has 0 saturated carbocycles. The molecule has 0 aliphatic heterocycles. The lowest BCUT2D eigenvalue weighted by atomic mass is 10.2. The highest BCUT2D eigenvalue weighted by Crippen LogP contribution is 2.29. The first-order valence-electron chi connectivity index (χ1n) is 11.4. The van der Waals surface area contributed by atoms with Crippen LogP contribution >= 0.6 is 0 Å². The van der Waals surface area contributed by atoms with E-state index in [0.29, 0.717) is 17.2 Å². The summed E-state index contributed by atoms with van der Waals surface area (Å²) >= 11 is 0. The van der Waals surface area contributed by atoms with Crippen molar-refractivity contribution in [3.8, 4) is 11.5 Å². The molecule has 8 heteroatoms. The number of aryl methyl sites for hydroxylation is 2. The Morgan fingerprint density at radius 3 is 2.29 bits per heavy atom. The number of para-hydroxylation sites is 1. The molecule has 0 aliphatic carbocycles. The second-order valence-corrected chi connectivity index (χ2v) is 10.4. The molecule has 186 valence electrons. The standard InChI is InChI=1S/C27H32N2O5S/c1-19(2)34-25-15-12-22(16-26(25)33-5)17-28-27(30)18-29(24-9-7-6-8-21(24)4)35(31,32)23-13-10-20(3)11-14-23/h6-16,19H,17-18H2,1-5H3,(H,28,30). The highest BCUT2D eigenvalue weighted by Gasteiger charge is 2.28. The van der Waals surface area contributed by atoms with Gasteiger partial charge in [0.2, 0.25) is 5.91 Å². The van der Waals surface area contributed by atoms with Crippen LogP contribution in [-0.4, -0.2) is 34.1 Å². The van der Waals surface area contributed by atoms with Gasteiger partial charge >= 0.3 is 0 Å². The first-order chi connectivity index (χ1) is 16.6. The molecule has 3 aromatic carbocycles. The van der Waals surface area contributed by atoms with E-state index in [-0.39, 0.29) is 24.1 Å². The van der Waals surface area contributed by atoms with E-state index in [4.69, 9.17) is 9.47 Å². The highest BCUT2D eigenvalue weighted by molar-refractivity contribution is 7.92. The zero-order valence-electron chi connectivity index (χ0n) is 20.7. The number of carbonyl (C=O) groups excluding carboxylic acids is 1. The van der Waals surface area contributed by atoms with Gasteiger partial charge in [0.05, 0.1) is 23.8 Å². The van der Waals surface area contributed by atoms with Crippen LogP contribution in [0.5, 0.6) is 11.5 Å². The van der Waals surface area contributed by atoms with Crippen molar-refractivity contribution in [1.82, 2.24) is 5.32 Å². The van der Waals surface area contributed by atoms with Crippen molar-refractivity contribution in [2.45, 2.75) is 45.2 Å². The number of amides is 1. The monoisotopic (exact) mass is 496 g/mol. The predicted octanol–water partition coefficient (Wildman–Crippen LogP) is 4.61. The summed E-state index contributed by atoms with van der Waals surface area (Å²) in [5.41, 5.74) is 2.96. The first-order valence-corrected chi connectivity index (χ1v) is 12.8. The average Bonchev–Trinajstić information content (AvgIpc) is 2.82. The van der Waals surface area contributed by atoms with E-state index in [1.165, 1.54) is 0 Å². The van der Waals surface area contributed by atoms with Crippen LogP contribution < -0.4 is 19.1 Å². The lowest BCUT2D eigenvalue weighted by Crippen LogP contribution is -2.41. The number of nitrogens with zero attached hydrogens (tertiary/aromatic N) is 1. The van der Waals surface area contributed by atoms with Gasteiger partial charge in [-0.1, -0.05) is 42.0 Å². The van der Waals surface area contributed by atoms with Crippen molar-refractivity contribution < 1.29 is 22.7 Å². The number of nitrogens with one attached hydrogen (secondary N) is 1. The van der Waals surface area contributed by atoms with Crippen LogP contribution in [0.1, 0.15) is 30.5 Å². The number of anilines is 1. The van der Waals surface area contributed by atoms with E-state index < -0.39 is 15.9 Å². The van der Waals surface area contributed by atoms with Crippen LogP contribution in [0, 0.1) is 13.8 Å². The number of ether oxygens (including phenoxy) is 2. The van der Waals surface area contributed by atoms with E-state index in [1.807, 2.05) is 45.9 Å². The quantitative estimate of drug-likeness (QED) is 0.443. The van der Waals surface area contributed by atoms with Crippen LogP contribution in [0.15, 0.2) is 71.6 Å². The lowest BCUT2D eigenvalue weighted by molar-refractivity contribution is -0.119. The third kappa shape index (κ3) is 6.54. The van der Waals surface area contributed by atoms with Gasteiger partial charge in [-0.15, -0.1) is 0 Å². The van der Waals surface area contributed by atoms with E-state index in [2.05, 4.69) is 5.32 Å². The molecule has 0 aromatic heterocycles. The molecule has 0 atom stereocenters. The van der Waals surface area contributed by atoms with Crippen molar-refractivity contribution >= 4 is 21.6 Å². The molecule has 35 heavy (non-hydrogen) atoms. The second-order valence-electron chi connectivity index (χ2n) is 8.54. The Balaban J connectivity index is 1.81. The van der Waals surface area contributed by atoms with Crippen LogP contribution in [0.2, 0.25) is 0 Å². The molecule has 0 bridgehead atoms. The fourth-order valence-corrected chi connectivity index (χ4v) is 5.03. The van der Waals surface area contributed by atoms with E-state index >= 15 is 0 Å². The van der Waals surface area contributed by atoms with Gasteiger partial charge in [-0.25, -0.2) is 8.42 Å². The Morgan fingerprint density at radius 2 is 1.66 bits per heavy atom. The molecule has 0 fully saturated rings. The molecule has 1 amide bonds. The van der Waals surface area contributed by atoms with Crippen LogP contribution in [0.25, 0.3) is 0 Å². The third-order valence-corrected chi connectivity index (χ3v) is 7.13. The summed E-state index contributed by atoms with van der Waals surface area (Å²) in [6, 6.07) is 19.1. The summed E-state index contributed by atoms with van der Waals surface area (Å²) in [7, 11) is -2.41. The maximum Gasteiger partial charge on any atom is 0.264 e. The SMILES string of the molecule is COc1cc(CNC(=O)CN(c2ccccc2C)S(=O)(=O)c2ccc(C)cc2)ccc1OC(C)C. The Labute approximate surface area is 207 Å². The molecule has 0 radical (unpaired) electrons. The van der Waals surface area contributed by atoms with E-state index in [9.17, 15) is 13.2 Å². The normalized spacial score (nSPS) is 11.3. The summed E-state index contributed by atoms with van der Waals surface area (Å²) in [4.78, 5) is 13.1. The highest BCUT2D eigenvalue weighted by atomic mass is 32.2. The van der Waals surface area contributed by atoms with Crippen LogP contribution in [0.3, 0.4) is 0 Å². The van der Waals surface area contributed by atoms with Crippen molar-refractivity contribution in [1.29, 1.82) is 0 Å². The molecule has 0 saturated heterocycles. The van der Waals surface area contributed by atoms with Crippen LogP contribution in [0.4, 0.5) is 5.69 Å². The number of carbonyl (C=O) groups is 1. The van der Waals surface area contributed by atoms with Gasteiger partial charge in [0.25, 0.3) is 10.0 Å². The molecule has 0 spiro atoms. The molecule has 1 N–H and O–H groups in total. The number of rotatable bonds is 10. The average molecular weight is 497 g/mol. The van der Waals surface area contributed by atoms with Crippen molar-refractivity contribution in [3.05, 3.63) is 83.4 Å². The molecule has 3 rings (SSSR count). The topological polar surface area (TPSA) is 84.9 Å². The third-order valence-electron chi connectivity index (χ3n) is 5.36. The molecule has 0 aliphatic rings. The van der Waals surface area contributed by atoms with Gasteiger partial charge < -0.3 is 14.8 Å². The summed E-state index contributed by atoms with van der Waals surface area (Å²) in [6.45, 7) is 7.42. The number of methoxy groups -OCH3 is 1. The van der Waals surface area contributed by atoms with Gasteiger partial charge in [0, 0.05) is 6.54 Å². The van der Waals surface area contributed by atoms with Crippen molar-refractivity contribution in [3.63, 3.8) is 0 Å². The fourth-order valence-electron chi connectivity index (χ4n) is 3.54. The largest absolute Gasteiger partial charge is 0.493 e. The lowest BCUT2D eigenvalue weighted by Gasteiger charge is -2.25. The first kappa shape index (κ1) is 26.1. The smallest absolute Gasteiger partial charge is 0.264 e. The van der Waals surface area contributed by atoms with Crippen molar-refractivity contribution in [2.75, 3.05) is 18.0 Å². The summed E-state index contributed by atoms with van der Waals surface area (Å²) in [5, 5.41) is 2.82. The van der Waals surface area contributed by atoms with Gasteiger partial charge in [-0.2, -0.15) is 0 Å². The maximum absolute atomic E-state index is 13.5. The number of hydrogen-bond acceptors (Lipinski definition) is 5. The van der Waals surface area contributed by atoms with Gasteiger partial charge in [-0.05, 0) is 69.2 Å². The zero-order valence-corrected chi connectivity index (χ0v) is 21.6. The molecular weight excluding hydrogens is 464 g/mol. The minimum Gasteiger partial charge on any atom is -0.493 e. The summed E-state index contributed by atoms with van der Waals surface area (Å²) in [6.07, 6.45) is -0.00245. The molecule has 0 unspecified atom stereocenters. The minimum atomic E-state index is -3.96. The molecule has 3 aromatic rings. The summed E-state index contributed by atoms with van der Waals surface area (Å²) in [5.74, 6) is 0.756. The Kier molecular flexibility index (Phi) is 8.40. The number of hydrogen-bond donors (Lipinski definition) is 1. The van der Waals surface area contributed by atoms with Gasteiger partial charge in [0.15, 0.2) is 11.5 Å². The van der Waals surface area contributed by atoms with Crippen LogP contribution in [-0.2, 0) is 21.4 Å². The predicted molar refractivity (Wildman–Crippen MR) is 137 cm³/mol. The Hall–Kier alpha value is -3.52. The summed E-state index contributed by atoms with van der Waals surface area (Å²) < 4.78 is 39.4. The minimum absolute atomic E-state index is 0.00245. The zero-order chi connectivity index (χ0) is 25.6. The molecule has 7 nitrogen and oxygen atoms in total. The van der Waals surface area contributed by atoms with E-state index in [1.54, 1.807) is 55.6 Å². The Bertz CT molecular complexity index is 1270. The second kappa shape index (κ2) is 11.3.